The Bertz CT molecular complexity index is 490. The van der Waals surface area contributed by atoms with Crippen molar-refractivity contribution in [3.05, 3.63) is 65.7 Å². The maximum atomic E-state index is 6.26. The van der Waals surface area contributed by atoms with Gasteiger partial charge in [-0.3, -0.25) is 0 Å². The van der Waals surface area contributed by atoms with Crippen molar-refractivity contribution >= 4 is 5.69 Å². The highest BCUT2D eigenvalue weighted by Gasteiger charge is 2.13. The molecule has 0 aliphatic carbocycles. The van der Waals surface area contributed by atoms with Crippen LogP contribution in [0, 0.1) is 6.92 Å². The van der Waals surface area contributed by atoms with Crippen LogP contribution in [-0.4, -0.2) is 6.17 Å². The lowest BCUT2D eigenvalue weighted by molar-refractivity contribution is 0.591. The fraction of sp³-hybridized carbons (Fsp3) is 0.294. The van der Waals surface area contributed by atoms with Gasteiger partial charge in [-0.15, -0.1) is 0 Å². The molecule has 0 saturated carbocycles. The lowest BCUT2D eigenvalue weighted by Gasteiger charge is -2.30. The average molecular weight is 254 g/mol. The van der Waals surface area contributed by atoms with Crippen LogP contribution in [0.1, 0.15) is 24.5 Å². The van der Waals surface area contributed by atoms with Crippen molar-refractivity contribution in [1.82, 2.24) is 0 Å². The van der Waals surface area contributed by atoms with Crippen LogP contribution in [0.3, 0.4) is 0 Å². The number of benzene rings is 2. The summed E-state index contributed by atoms with van der Waals surface area (Å²) in [4.78, 5) is 2.26. The third-order valence-electron chi connectivity index (χ3n) is 3.38. The molecule has 0 fully saturated rings. The lowest BCUT2D eigenvalue weighted by Crippen LogP contribution is -2.41. The Kier molecular flexibility index (Phi) is 4.58. The zero-order chi connectivity index (χ0) is 13.7. The Balaban J connectivity index is 2.23. The van der Waals surface area contributed by atoms with E-state index in [1.54, 1.807) is 0 Å². The molecular weight excluding hydrogens is 232 g/mol. The van der Waals surface area contributed by atoms with E-state index in [9.17, 15) is 0 Å². The molecule has 2 aromatic carbocycles. The molecule has 0 amide bonds. The van der Waals surface area contributed by atoms with Crippen LogP contribution in [0.5, 0.6) is 0 Å². The van der Waals surface area contributed by atoms with Crippen molar-refractivity contribution in [2.75, 3.05) is 4.90 Å². The predicted molar refractivity (Wildman–Crippen MR) is 82.1 cm³/mol. The molecular formula is C17H22N2. The molecule has 2 rings (SSSR count). The van der Waals surface area contributed by atoms with E-state index in [1.165, 1.54) is 16.8 Å². The van der Waals surface area contributed by atoms with Crippen LogP contribution in [0.4, 0.5) is 5.69 Å². The van der Waals surface area contributed by atoms with E-state index >= 15 is 0 Å². The first-order valence-electron chi connectivity index (χ1n) is 6.83. The number of hydrogen-bond acceptors (Lipinski definition) is 2. The fourth-order valence-corrected chi connectivity index (χ4v) is 2.14. The van der Waals surface area contributed by atoms with E-state index in [0.29, 0.717) is 0 Å². The monoisotopic (exact) mass is 254 g/mol. The largest absolute Gasteiger partial charge is 0.352 e. The first kappa shape index (κ1) is 13.6. The van der Waals surface area contributed by atoms with E-state index < -0.39 is 0 Å². The van der Waals surface area contributed by atoms with Crippen LogP contribution >= 0.6 is 0 Å². The Hall–Kier alpha value is -1.80. The van der Waals surface area contributed by atoms with Crippen LogP contribution < -0.4 is 10.6 Å². The molecule has 0 radical (unpaired) electrons. The summed E-state index contributed by atoms with van der Waals surface area (Å²) < 4.78 is 0. The molecule has 0 spiro atoms. The molecule has 0 heterocycles. The van der Waals surface area contributed by atoms with Crippen LogP contribution in [0.25, 0.3) is 0 Å². The molecule has 0 aliphatic rings. The smallest absolute Gasteiger partial charge is 0.0772 e. The predicted octanol–water partition coefficient (Wildman–Crippen LogP) is 3.70. The minimum Gasteiger partial charge on any atom is -0.352 e. The summed E-state index contributed by atoms with van der Waals surface area (Å²) in [6.07, 6.45) is 0.976. The zero-order valence-electron chi connectivity index (χ0n) is 11.7. The van der Waals surface area contributed by atoms with Crippen molar-refractivity contribution in [2.24, 2.45) is 5.73 Å². The lowest BCUT2D eigenvalue weighted by atomic mass is 10.1. The quantitative estimate of drug-likeness (QED) is 0.824. The standard InChI is InChI=1S/C17H22N2/c1-3-17(18)19(13-15-7-5-4-6-8-15)16-11-9-14(2)10-12-16/h4-12,17H,3,13,18H2,1-2H3. The maximum Gasteiger partial charge on any atom is 0.0772 e. The van der Waals surface area contributed by atoms with Crippen LogP contribution in [0.15, 0.2) is 54.6 Å². The second-order valence-corrected chi connectivity index (χ2v) is 4.92. The van der Waals surface area contributed by atoms with Gasteiger partial charge >= 0.3 is 0 Å². The molecule has 100 valence electrons. The van der Waals surface area contributed by atoms with E-state index in [1.807, 2.05) is 6.07 Å². The second kappa shape index (κ2) is 6.39. The second-order valence-electron chi connectivity index (χ2n) is 4.92. The number of aryl methyl sites for hydroxylation is 1. The molecule has 2 heteroatoms. The highest BCUT2D eigenvalue weighted by atomic mass is 15.2. The third-order valence-corrected chi connectivity index (χ3v) is 3.38. The summed E-state index contributed by atoms with van der Waals surface area (Å²) >= 11 is 0. The molecule has 2 aromatic rings. The number of rotatable bonds is 5. The minimum absolute atomic E-state index is 0.0444. The Morgan fingerprint density at radius 2 is 1.63 bits per heavy atom. The van der Waals surface area contributed by atoms with Crippen molar-refractivity contribution in [1.29, 1.82) is 0 Å². The van der Waals surface area contributed by atoms with Crippen LogP contribution in [-0.2, 0) is 6.54 Å². The summed E-state index contributed by atoms with van der Waals surface area (Å²) in [5.41, 5.74) is 10.0. The SMILES string of the molecule is CCC(N)N(Cc1ccccc1)c1ccc(C)cc1. The van der Waals surface area contributed by atoms with Crippen molar-refractivity contribution in [3.8, 4) is 0 Å². The number of hydrogen-bond donors (Lipinski definition) is 1. The van der Waals surface area contributed by atoms with Crippen molar-refractivity contribution < 1.29 is 0 Å². The van der Waals surface area contributed by atoms with Gasteiger partial charge in [0, 0.05) is 12.2 Å². The Morgan fingerprint density at radius 1 is 1.00 bits per heavy atom. The summed E-state index contributed by atoms with van der Waals surface area (Å²) in [7, 11) is 0. The van der Waals surface area contributed by atoms with Crippen molar-refractivity contribution in [2.45, 2.75) is 33.0 Å². The normalized spacial score (nSPS) is 12.2. The Morgan fingerprint density at radius 3 is 2.21 bits per heavy atom. The summed E-state index contributed by atoms with van der Waals surface area (Å²) in [5, 5.41) is 0. The number of nitrogens with two attached hydrogens (primary N) is 1. The number of nitrogens with zero attached hydrogens (tertiary/aromatic N) is 1. The van der Waals surface area contributed by atoms with E-state index in [2.05, 4.69) is 67.3 Å². The van der Waals surface area contributed by atoms with Gasteiger partial charge in [0.15, 0.2) is 0 Å². The number of anilines is 1. The van der Waals surface area contributed by atoms with E-state index in [-0.39, 0.29) is 6.17 Å². The Labute approximate surface area is 115 Å². The third kappa shape index (κ3) is 3.58. The molecule has 0 saturated heterocycles. The maximum absolute atomic E-state index is 6.26. The molecule has 0 aliphatic heterocycles. The first-order chi connectivity index (χ1) is 9.20. The molecule has 2 nitrogen and oxygen atoms in total. The molecule has 1 atom stereocenters. The van der Waals surface area contributed by atoms with Gasteiger partial charge in [-0.05, 0) is 31.0 Å². The van der Waals surface area contributed by atoms with Gasteiger partial charge in [0.2, 0.25) is 0 Å². The minimum atomic E-state index is 0.0444. The summed E-state index contributed by atoms with van der Waals surface area (Å²) in [5.74, 6) is 0. The topological polar surface area (TPSA) is 29.3 Å². The van der Waals surface area contributed by atoms with Gasteiger partial charge in [-0.25, -0.2) is 0 Å². The first-order valence-corrected chi connectivity index (χ1v) is 6.83. The molecule has 1 unspecified atom stereocenters. The van der Waals surface area contributed by atoms with Crippen molar-refractivity contribution in [3.63, 3.8) is 0 Å². The highest BCUT2D eigenvalue weighted by Crippen LogP contribution is 2.20. The molecule has 19 heavy (non-hydrogen) atoms. The summed E-state index contributed by atoms with van der Waals surface area (Å²) in [6, 6.07) is 19.0. The fourth-order valence-electron chi connectivity index (χ4n) is 2.14. The van der Waals surface area contributed by atoms with Gasteiger partial charge in [0.25, 0.3) is 0 Å². The highest BCUT2D eigenvalue weighted by molar-refractivity contribution is 5.48. The van der Waals surface area contributed by atoms with Gasteiger partial charge in [-0.1, -0.05) is 55.0 Å². The average Bonchev–Trinajstić information content (AvgIpc) is 2.46. The van der Waals surface area contributed by atoms with Gasteiger partial charge < -0.3 is 10.6 Å². The molecule has 2 N–H and O–H groups in total. The van der Waals surface area contributed by atoms with Gasteiger partial charge in [0.05, 0.1) is 6.17 Å². The molecule has 0 bridgehead atoms. The van der Waals surface area contributed by atoms with E-state index in [4.69, 9.17) is 5.73 Å². The zero-order valence-corrected chi connectivity index (χ0v) is 11.7. The van der Waals surface area contributed by atoms with E-state index in [0.717, 1.165) is 13.0 Å². The van der Waals surface area contributed by atoms with Gasteiger partial charge in [-0.2, -0.15) is 0 Å². The summed E-state index contributed by atoms with van der Waals surface area (Å²) in [6.45, 7) is 5.07. The van der Waals surface area contributed by atoms with Crippen LogP contribution in [0.2, 0.25) is 0 Å². The van der Waals surface area contributed by atoms with Gasteiger partial charge in [0.1, 0.15) is 0 Å². The molecule has 0 aromatic heterocycles.